The molecule has 1 atom stereocenters. The van der Waals surface area contributed by atoms with Crippen LogP contribution < -0.4 is 10.9 Å². The Morgan fingerprint density at radius 3 is 1.71 bits per heavy atom. The summed E-state index contributed by atoms with van der Waals surface area (Å²) in [4.78, 5) is 0. The van der Waals surface area contributed by atoms with Crippen molar-refractivity contribution >= 4 is 24.4 Å². The fourth-order valence-corrected chi connectivity index (χ4v) is 1.91. The van der Waals surface area contributed by atoms with Crippen molar-refractivity contribution in [1.29, 1.82) is 0 Å². The minimum absolute atomic E-state index is 0. The van der Waals surface area contributed by atoms with Crippen LogP contribution in [0.25, 0.3) is 0 Å². The Bertz CT molecular complexity index is 235. The average molecular weight is 230 g/mol. The Morgan fingerprint density at radius 1 is 1.14 bits per heavy atom. The lowest BCUT2D eigenvalue weighted by molar-refractivity contribution is 0.580. The van der Waals surface area contributed by atoms with Crippen molar-refractivity contribution in [3.8, 4) is 0 Å². The second kappa shape index (κ2) is 6.22. The minimum atomic E-state index is -1.06. The van der Waals surface area contributed by atoms with E-state index in [-0.39, 0.29) is 5.54 Å². The SMILES string of the molecule is CC(C)(C)N.C[SiH](Cl)c1ccccc1. The van der Waals surface area contributed by atoms with Gasteiger partial charge in [0.25, 0.3) is 0 Å². The number of hydrogen-bond donors (Lipinski definition) is 1. The Hall–Kier alpha value is -0.313. The topological polar surface area (TPSA) is 26.0 Å². The van der Waals surface area contributed by atoms with Crippen molar-refractivity contribution in [3.63, 3.8) is 0 Å². The molecule has 1 unspecified atom stereocenters. The maximum Gasteiger partial charge on any atom is 0.168 e. The summed E-state index contributed by atoms with van der Waals surface area (Å²) in [5, 5.41) is 1.32. The van der Waals surface area contributed by atoms with Crippen molar-refractivity contribution < 1.29 is 0 Å². The second-order valence-electron chi connectivity index (χ2n) is 4.39. The van der Waals surface area contributed by atoms with Crippen molar-refractivity contribution in [2.75, 3.05) is 0 Å². The van der Waals surface area contributed by atoms with Gasteiger partial charge in [-0.25, -0.2) is 0 Å². The fourth-order valence-electron chi connectivity index (χ4n) is 0.718. The molecule has 0 aliphatic rings. The number of hydrogen-bond acceptors (Lipinski definition) is 1. The van der Waals surface area contributed by atoms with Gasteiger partial charge in [-0.3, -0.25) is 0 Å². The molecule has 2 N–H and O–H groups in total. The Labute approximate surface area is 93.6 Å². The molecule has 0 saturated heterocycles. The highest BCUT2D eigenvalue weighted by Crippen LogP contribution is 1.90. The van der Waals surface area contributed by atoms with Crippen LogP contribution in [0.15, 0.2) is 30.3 Å². The molecule has 0 radical (unpaired) electrons. The van der Waals surface area contributed by atoms with Gasteiger partial charge in [0, 0.05) is 5.54 Å². The maximum atomic E-state index is 5.94. The minimum Gasteiger partial charge on any atom is -0.326 e. The van der Waals surface area contributed by atoms with Gasteiger partial charge >= 0.3 is 0 Å². The summed E-state index contributed by atoms with van der Waals surface area (Å²) in [6.07, 6.45) is 0. The molecular weight excluding hydrogens is 210 g/mol. The summed E-state index contributed by atoms with van der Waals surface area (Å²) in [7, 11) is -1.06. The zero-order valence-corrected chi connectivity index (χ0v) is 11.3. The molecule has 1 aromatic rings. The zero-order chi connectivity index (χ0) is 11.2. The molecular formula is C11H20ClNSi. The predicted octanol–water partition coefficient (Wildman–Crippen LogP) is 2.23. The lowest BCUT2D eigenvalue weighted by atomic mass is 10.1. The van der Waals surface area contributed by atoms with Gasteiger partial charge in [0.2, 0.25) is 0 Å². The Kier molecular flexibility index (Phi) is 6.08. The second-order valence-corrected chi connectivity index (χ2v) is 8.26. The summed E-state index contributed by atoms with van der Waals surface area (Å²) < 4.78 is 0. The monoisotopic (exact) mass is 229 g/mol. The van der Waals surface area contributed by atoms with Gasteiger partial charge in [-0.05, 0) is 26.0 Å². The highest BCUT2D eigenvalue weighted by molar-refractivity contribution is 7.13. The van der Waals surface area contributed by atoms with E-state index < -0.39 is 8.11 Å². The predicted molar refractivity (Wildman–Crippen MR) is 68.9 cm³/mol. The summed E-state index contributed by atoms with van der Waals surface area (Å²) >= 11 is 5.94. The van der Waals surface area contributed by atoms with E-state index in [0.29, 0.717) is 0 Å². The van der Waals surface area contributed by atoms with E-state index in [1.165, 1.54) is 5.19 Å². The van der Waals surface area contributed by atoms with E-state index in [2.05, 4.69) is 18.7 Å². The number of nitrogens with two attached hydrogens (primary N) is 1. The molecule has 3 heteroatoms. The van der Waals surface area contributed by atoms with Gasteiger partial charge in [0.1, 0.15) is 0 Å². The first-order valence-corrected chi connectivity index (χ1v) is 8.26. The highest BCUT2D eigenvalue weighted by atomic mass is 35.6. The smallest absolute Gasteiger partial charge is 0.168 e. The number of rotatable bonds is 1. The van der Waals surface area contributed by atoms with Gasteiger partial charge < -0.3 is 5.73 Å². The molecule has 0 heterocycles. The van der Waals surface area contributed by atoms with Gasteiger partial charge in [-0.1, -0.05) is 36.9 Å². The van der Waals surface area contributed by atoms with Gasteiger partial charge in [-0.15, -0.1) is 0 Å². The van der Waals surface area contributed by atoms with Crippen LogP contribution in [0.5, 0.6) is 0 Å². The van der Waals surface area contributed by atoms with E-state index in [4.69, 9.17) is 16.8 Å². The molecule has 0 saturated carbocycles. The first kappa shape index (κ1) is 13.7. The summed E-state index contributed by atoms with van der Waals surface area (Å²) in [5.74, 6) is 0. The molecule has 0 aliphatic carbocycles. The van der Waals surface area contributed by atoms with Crippen molar-refractivity contribution in [2.45, 2.75) is 32.9 Å². The quantitative estimate of drug-likeness (QED) is 0.580. The summed E-state index contributed by atoms with van der Waals surface area (Å²) in [6.45, 7) is 8.00. The van der Waals surface area contributed by atoms with Crippen molar-refractivity contribution in [1.82, 2.24) is 0 Å². The molecule has 0 fully saturated rings. The van der Waals surface area contributed by atoms with Crippen LogP contribution in [0.3, 0.4) is 0 Å². The third kappa shape index (κ3) is 9.77. The molecule has 0 spiro atoms. The van der Waals surface area contributed by atoms with Crippen LogP contribution >= 0.6 is 11.1 Å². The average Bonchev–Trinajstić information content (AvgIpc) is 2.03. The first-order valence-electron chi connectivity index (χ1n) is 4.78. The molecule has 80 valence electrons. The summed E-state index contributed by atoms with van der Waals surface area (Å²) in [6, 6.07) is 10.2. The van der Waals surface area contributed by atoms with Crippen LogP contribution in [0, 0.1) is 0 Å². The molecule has 0 bridgehead atoms. The number of halogens is 1. The fraction of sp³-hybridized carbons (Fsp3) is 0.455. The largest absolute Gasteiger partial charge is 0.326 e. The summed E-state index contributed by atoms with van der Waals surface area (Å²) in [5.41, 5.74) is 5.35. The van der Waals surface area contributed by atoms with Gasteiger partial charge in [0.05, 0.1) is 0 Å². The lowest BCUT2D eigenvalue weighted by Crippen LogP contribution is -2.26. The van der Waals surface area contributed by atoms with Gasteiger partial charge in [0.15, 0.2) is 8.11 Å². The van der Waals surface area contributed by atoms with Gasteiger partial charge in [-0.2, -0.15) is 11.1 Å². The molecule has 0 aliphatic heterocycles. The van der Waals surface area contributed by atoms with Crippen LogP contribution in [0.1, 0.15) is 20.8 Å². The van der Waals surface area contributed by atoms with E-state index in [1.807, 2.05) is 39.0 Å². The van der Waals surface area contributed by atoms with E-state index >= 15 is 0 Å². The maximum absolute atomic E-state index is 5.94. The third-order valence-electron chi connectivity index (χ3n) is 1.26. The Balaban J connectivity index is 0.000000292. The van der Waals surface area contributed by atoms with Crippen LogP contribution in [0.2, 0.25) is 6.55 Å². The van der Waals surface area contributed by atoms with Crippen LogP contribution in [-0.4, -0.2) is 13.6 Å². The molecule has 1 aromatic carbocycles. The first-order chi connectivity index (χ1) is 6.30. The van der Waals surface area contributed by atoms with Crippen LogP contribution in [-0.2, 0) is 0 Å². The normalized spacial score (nSPS) is 12.7. The Morgan fingerprint density at radius 2 is 1.50 bits per heavy atom. The third-order valence-corrected chi connectivity index (χ3v) is 3.32. The molecule has 14 heavy (non-hydrogen) atoms. The molecule has 1 nitrogen and oxygen atoms in total. The van der Waals surface area contributed by atoms with E-state index in [0.717, 1.165) is 0 Å². The molecule has 0 amide bonds. The van der Waals surface area contributed by atoms with E-state index in [1.54, 1.807) is 0 Å². The highest BCUT2D eigenvalue weighted by Gasteiger charge is 1.98. The standard InChI is InChI=1S/C7H9ClSi.C4H11N/c1-9(8)7-5-3-2-4-6-7;1-4(2,3)5/h2-6,9H,1H3;5H2,1-3H3. The van der Waals surface area contributed by atoms with Crippen LogP contribution in [0.4, 0.5) is 0 Å². The lowest BCUT2D eigenvalue weighted by Gasteiger charge is -2.06. The molecule has 0 aromatic heterocycles. The van der Waals surface area contributed by atoms with Crippen molar-refractivity contribution in [3.05, 3.63) is 30.3 Å². The number of benzene rings is 1. The zero-order valence-electron chi connectivity index (χ0n) is 9.42. The molecule has 1 rings (SSSR count). The van der Waals surface area contributed by atoms with E-state index in [9.17, 15) is 0 Å². The van der Waals surface area contributed by atoms with Crippen molar-refractivity contribution in [2.24, 2.45) is 5.73 Å².